The highest BCUT2D eigenvalue weighted by molar-refractivity contribution is 7.92. The summed E-state index contributed by atoms with van der Waals surface area (Å²) in [5.41, 5.74) is 4.13. The number of amides is 1. The van der Waals surface area contributed by atoms with E-state index < -0.39 is 16.1 Å². The maximum atomic E-state index is 13.2. The average molecular weight is 446 g/mol. The lowest BCUT2D eigenvalue weighted by atomic mass is 10.1. The molecule has 1 aliphatic rings. The molecule has 1 heterocycles. The van der Waals surface area contributed by atoms with Gasteiger partial charge >= 0.3 is 0 Å². The minimum absolute atomic E-state index is 0.193. The summed E-state index contributed by atoms with van der Waals surface area (Å²) in [7, 11) is -2.10. The van der Waals surface area contributed by atoms with E-state index in [1.54, 1.807) is 43.2 Å². The zero-order chi connectivity index (χ0) is 22.8. The number of piperazine rings is 1. The highest BCUT2D eigenvalue weighted by Crippen LogP contribution is 2.26. The summed E-state index contributed by atoms with van der Waals surface area (Å²) < 4.78 is 31.4. The van der Waals surface area contributed by atoms with Crippen LogP contribution in [0.1, 0.15) is 18.1 Å². The Morgan fingerprint density at radius 1 is 1.03 bits per heavy atom. The average Bonchev–Trinajstić information content (AvgIpc) is 2.75. The first-order valence-electron chi connectivity index (χ1n) is 10.4. The Bertz CT molecular complexity index is 1030. The second-order valence-electron chi connectivity index (χ2n) is 7.96. The third kappa shape index (κ3) is 4.95. The van der Waals surface area contributed by atoms with Crippen molar-refractivity contribution in [1.29, 1.82) is 0 Å². The van der Waals surface area contributed by atoms with E-state index in [4.69, 9.17) is 4.74 Å². The molecule has 7 nitrogen and oxygen atoms in total. The van der Waals surface area contributed by atoms with Crippen LogP contribution in [0.25, 0.3) is 0 Å². The number of hydrogen-bond donors (Lipinski definition) is 0. The fourth-order valence-electron chi connectivity index (χ4n) is 4.04. The third-order valence-electron chi connectivity index (χ3n) is 5.90. The van der Waals surface area contributed by atoms with Crippen LogP contribution in [0.4, 0.5) is 11.4 Å². The van der Waals surface area contributed by atoms with Gasteiger partial charge in [-0.15, -0.1) is 0 Å². The van der Waals surface area contributed by atoms with Gasteiger partial charge in [-0.05, 0) is 62.2 Å². The van der Waals surface area contributed by atoms with Gasteiger partial charge in [0, 0.05) is 31.9 Å². The van der Waals surface area contributed by atoms with Crippen molar-refractivity contribution in [3.8, 4) is 5.75 Å². The van der Waals surface area contributed by atoms with Crippen LogP contribution in [-0.4, -0.2) is 64.8 Å². The molecule has 8 heteroatoms. The van der Waals surface area contributed by atoms with Crippen molar-refractivity contribution in [1.82, 2.24) is 4.90 Å². The molecular formula is C23H31N3O4S. The number of sulfonamides is 1. The van der Waals surface area contributed by atoms with Crippen molar-refractivity contribution in [3.05, 3.63) is 53.6 Å². The number of hydrogen-bond acceptors (Lipinski definition) is 5. The highest BCUT2D eigenvalue weighted by atomic mass is 32.2. The van der Waals surface area contributed by atoms with Crippen LogP contribution in [0, 0.1) is 13.8 Å². The van der Waals surface area contributed by atoms with Crippen molar-refractivity contribution in [2.45, 2.75) is 26.8 Å². The second kappa shape index (κ2) is 9.18. The van der Waals surface area contributed by atoms with Gasteiger partial charge in [-0.1, -0.05) is 12.1 Å². The van der Waals surface area contributed by atoms with E-state index in [-0.39, 0.29) is 5.91 Å². The maximum Gasteiger partial charge on any atom is 0.246 e. The van der Waals surface area contributed by atoms with Crippen LogP contribution in [0.2, 0.25) is 0 Å². The van der Waals surface area contributed by atoms with Crippen LogP contribution in [0.3, 0.4) is 0 Å². The molecule has 0 aliphatic carbocycles. The number of aryl methyl sites for hydroxylation is 1. The first-order valence-corrected chi connectivity index (χ1v) is 12.2. The molecule has 0 bridgehead atoms. The summed E-state index contributed by atoms with van der Waals surface area (Å²) >= 11 is 0. The topological polar surface area (TPSA) is 70.2 Å². The van der Waals surface area contributed by atoms with Gasteiger partial charge in [0.05, 0.1) is 19.1 Å². The molecule has 168 valence electrons. The molecule has 0 aromatic heterocycles. The van der Waals surface area contributed by atoms with Gasteiger partial charge in [0.1, 0.15) is 11.8 Å². The molecule has 2 aromatic rings. The minimum Gasteiger partial charge on any atom is -0.497 e. The summed E-state index contributed by atoms with van der Waals surface area (Å²) in [4.78, 5) is 17.3. The molecule has 3 rings (SSSR count). The van der Waals surface area contributed by atoms with Gasteiger partial charge in [-0.3, -0.25) is 9.10 Å². The monoisotopic (exact) mass is 445 g/mol. The van der Waals surface area contributed by atoms with Gasteiger partial charge in [0.15, 0.2) is 0 Å². The number of nitrogens with zero attached hydrogens (tertiary/aromatic N) is 3. The number of carbonyl (C=O) groups is 1. The van der Waals surface area contributed by atoms with Crippen molar-refractivity contribution < 1.29 is 17.9 Å². The van der Waals surface area contributed by atoms with E-state index in [1.165, 1.54) is 21.1 Å². The van der Waals surface area contributed by atoms with Crippen LogP contribution in [0.5, 0.6) is 5.75 Å². The summed E-state index contributed by atoms with van der Waals surface area (Å²) in [6, 6.07) is 12.1. The first kappa shape index (κ1) is 22.9. The smallest absolute Gasteiger partial charge is 0.246 e. The Balaban J connectivity index is 1.74. The Morgan fingerprint density at radius 2 is 1.65 bits per heavy atom. The predicted octanol–water partition coefficient (Wildman–Crippen LogP) is 2.82. The van der Waals surface area contributed by atoms with Gasteiger partial charge in [0.2, 0.25) is 15.9 Å². The second-order valence-corrected chi connectivity index (χ2v) is 9.82. The van der Waals surface area contributed by atoms with Crippen molar-refractivity contribution in [2.24, 2.45) is 0 Å². The zero-order valence-corrected chi connectivity index (χ0v) is 19.6. The molecule has 1 amide bonds. The summed E-state index contributed by atoms with van der Waals surface area (Å²) in [6.07, 6.45) is 1.12. The van der Waals surface area contributed by atoms with Crippen LogP contribution >= 0.6 is 0 Å². The predicted molar refractivity (Wildman–Crippen MR) is 124 cm³/mol. The molecule has 0 N–H and O–H groups in total. The third-order valence-corrected chi connectivity index (χ3v) is 7.14. The standard InChI is InChI=1S/C23H31N3O4S/c1-17-7-6-8-22(18(17)2)24-13-15-25(16-14-24)23(27)19(3)26(31(5,28)29)20-9-11-21(30-4)12-10-20/h6-12,19H,13-16H2,1-5H3. The number of rotatable bonds is 6. The molecule has 2 aromatic carbocycles. The van der Waals surface area contributed by atoms with Crippen LogP contribution in [-0.2, 0) is 14.8 Å². The number of carbonyl (C=O) groups excluding carboxylic acids is 1. The fraction of sp³-hybridized carbons (Fsp3) is 0.435. The van der Waals surface area contributed by atoms with E-state index >= 15 is 0 Å². The Hall–Kier alpha value is -2.74. The number of ether oxygens (including phenoxy) is 1. The lowest BCUT2D eigenvalue weighted by Gasteiger charge is -2.39. The number of benzene rings is 2. The SMILES string of the molecule is COc1ccc(N(C(C)C(=O)N2CCN(c3cccc(C)c3C)CC2)S(C)(=O)=O)cc1. The van der Waals surface area contributed by atoms with Gasteiger partial charge in [0.25, 0.3) is 0 Å². The number of anilines is 2. The molecule has 1 fully saturated rings. The first-order chi connectivity index (χ1) is 14.6. The Labute approximate surface area is 185 Å². The highest BCUT2D eigenvalue weighted by Gasteiger charge is 2.33. The fourth-order valence-corrected chi connectivity index (χ4v) is 5.21. The molecule has 1 unspecified atom stereocenters. The molecule has 0 saturated carbocycles. The maximum absolute atomic E-state index is 13.2. The summed E-state index contributed by atoms with van der Waals surface area (Å²) in [5.74, 6) is 0.431. The Morgan fingerprint density at radius 3 is 2.19 bits per heavy atom. The van der Waals surface area contributed by atoms with Gasteiger partial charge < -0.3 is 14.5 Å². The van der Waals surface area contributed by atoms with E-state index in [2.05, 4.69) is 36.9 Å². The largest absolute Gasteiger partial charge is 0.497 e. The van der Waals surface area contributed by atoms with E-state index in [0.717, 1.165) is 6.26 Å². The van der Waals surface area contributed by atoms with Gasteiger partial charge in [-0.2, -0.15) is 0 Å². The van der Waals surface area contributed by atoms with Crippen LogP contribution in [0.15, 0.2) is 42.5 Å². The lowest BCUT2D eigenvalue weighted by Crippen LogP contribution is -2.55. The van der Waals surface area contributed by atoms with Crippen molar-refractivity contribution >= 4 is 27.3 Å². The van der Waals surface area contributed by atoms with E-state index in [1.807, 2.05) is 0 Å². The molecule has 1 saturated heterocycles. The van der Waals surface area contributed by atoms with E-state index in [0.29, 0.717) is 37.6 Å². The molecule has 0 spiro atoms. The number of methoxy groups -OCH3 is 1. The zero-order valence-electron chi connectivity index (χ0n) is 18.8. The lowest BCUT2D eigenvalue weighted by molar-refractivity contribution is -0.132. The molecule has 1 atom stereocenters. The molecule has 1 aliphatic heterocycles. The summed E-state index contributed by atoms with van der Waals surface area (Å²) in [6.45, 7) is 8.38. The van der Waals surface area contributed by atoms with Crippen molar-refractivity contribution in [2.75, 3.05) is 48.7 Å². The normalized spacial score (nSPS) is 15.5. The van der Waals surface area contributed by atoms with Gasteiger partial charge in [-0.25, -0.2) is 8.42 Å². The van der Waals surface area contributed by atoms with Crippen LogP contribution < -0.4 is 13.9 Å². The molecular weight excluding hydrogens is 414 g/mol. The summed E-state index contributed by atoms with van der Waals surface area (Å²) in [5, 5.41) is 0. The molecule has 31 heavy (non-hydrogen) atoms. The van der Waals surface area contributed by atoms with E-state index in [9.17, 15) is 13.2 Å². The minimum atomic E-state index is -3.65. The quantitative estimate of drug-likeness (QED) is 0.684. The molecule has 0 radical (unpaired) electrons. The Kier molecular flexibility index (Phi) is 6.79. The van der Waals surface area contributed by atoms with Crippen molar-refractivity contribution in [3.63, 3.8) is 0 Å².